The van der Waals surface area contributed by atoms with E-state index in [2.05, 4.69) is 9.50 Å². The Hall–Kier alpha value is -1.69. The lowest BCUT2D eigenvalue weighted by Gasteiger charge is -2.14. The quantitative estimate of drug-likeness (QED) is 0.442. The molecule has 1 rings (SSSR count). The van der Waals surface area contributed by atoms with Gasteiger partial charge in [0.2, 0.25) is 0 Å². The normalized spacial score (nSPS) is 13.5. The second kappa shape index (κ2) is 7.05. The number of amides is 1. The molecule has 0 aliphatic heterocycles. The van der Waals surface area contributed by atoms with Gasteiger partial charge in [-0.3, -0.25) is 9.35 Å². The summed E-state index contributed by atoms with van der Waals surface area (Å²) in [5, 5.41) is 1.01. The van der Waals surface area contributed by atoms with Crippen LogP contribution in [0, 0.1) is 0 Å². The van der Waals surface area contributed by atoms with Crippen LogP contribution in [0.5, 0.6) is 0 Å². The van der Waals surface area contributed by atoms with Gasteiger partial charge in [-0.15, -0.1) is 0 Å². The monoisotopic (exact) mass is 352 g/mol. The third-order valence-corrected chi connectivity index (χ3v) is 5.04. The lowest BCUT2D eigenvalue weighted by molar-refractivity contribution is 0.0950. The SMILES string of the molecule is CC(NC(=O)c1ccc(N)cc1)S(=O)(=O)CCOS(=O)(=O)O. The Balaban J connectivity index is 2.64. The topological polar surface area (TPSA) is 153 Å². The molecule has 0 fully saturated rings. The summed E-state index contributed by atoms with van der Waals surface area (Å²) in [7, 11) is -8.56. The Morgan fingerprint density at radius 1 is 1.27 bits per heavy atom. The van der Waals surface area contributed by atoms with Gasteiger partial charge < -0.3 is 11.1 Å². The van der Waals surface area contributed by atoms with Gasteiger partial charge in [0.25, 0.3) is 5.91 Å². The standard InChI is InChI=1S/C11H16N2O7S2/c1-8(21(15,16)7-6-20-22(17,18)19)13-11(14)9-2-4-10(12)5-3-9/h2-5,8H,6-7,12H2,1H3,(H,13,14)(H,17,18,19). The number of sulfone groups is 1. The maximum Gasteiger partial charge on any atom is 0.397 e. The number of carbonyl (C=O) groups is 1. The predicted molar refractivity (Wildman–Crippen MR) is 79.1 cm³/mol. The molecule has 0 aromatic heterocycles. The lowest BCUT2D eigenvalue weighted by atomic mass is 10.2. The number of benzene rings is 1. The van der Waals surface area contributed by atoms with E-state index in [1.54, 1.807) is 0 Å². The number of rotatable bonds is 7. The minimum absolute atomic E-state index is 0.227. The number of anilines is 1. The Bertz CT molecular complexity index is 726. The second-order valence-corrected chi connectivity index (χ2v) is 7.89. The minimum atomic E-state index is -4.71. The molecule has 0 saturated carbocycles. The largest absolute Gasteiger partial charge is 0.399 e. The highest BCUT2D eigenvalue weighted by Crippen LogP contribution is 2.07. The molecule has 1 aromatic carbocycles. The van der Waals surface area contributed by atoms with Crippen molar-refractivity contribution in [1.29, 1.82) is 0 Å². The highest BCUT2D eigenvalue weighted by molar-refractivity contribution is 7.92. The van der Waals surface area contributed by atoms with Crippen molar-refractivity contribution in [1.82, 2.24) is 5.32 Å². The molecule has 11 heteroatoms. The Morgan fingerprint density at radius 3 is 2.32 bits per heavy atom. The van der Waals surface area contributed by atoms with Crippen molar-refractivity contribution in [3.63, 3.8) is 0 Å². The second-order valence-electron chi connectivity index (χ2n) is 4.35. The van der Waals surface area contributed by atoms with Crippen molar-refractivity contribution < 1.29 is 30.4 Å². The summed E-state index contributed by atoms with van der Waals surface area (Å²) in [5.41, 5.74) is 6.16. The summed E-state index contributed by atoms with van der Waals surface area (Å²) in [6, 6.07) is 5.86. The Labute approximate surface area is 128 Å². The van der Waals surface area contributed by atoms with Crippen LogP contribution in [0.15, 0.2) is 24.3 Å². The lowest BCUT2D eigenvalue weighted by Crippen LogP contribution is -2.40. The van der Waals surface area contributed by atoms with Crippen LogP contribution in [0.25, 0.3) is 0 Å². The van der Waals surface area contributed by atoms with Crippen molar-refractivity contribution in [2.45, 2.75) is 12.3 Å². The smallest absolute Gasteiger partial charge is 0.397 e. The molecule has 0 spiro atoms. The van der Waals surface area contributed by atoms with Gasteiger partial charge in [0.15, 0.2) is 9.84 Å². The zero-order chi connectivity index (χ0) is 17.0. The van der Waals surface area contributed by atoms with Crippen LogP contribution in [0.2, 0.25) is 0 Å². The molecule has 1 atom stereocenters. The fourth-order valence-electron chi connectivity index (χ4n) is 1.42. The number of carbonyl (C=O) groups excluding carboxylic acids is 1. The van der Waals surface area contributed by atoms with E-state index in [1.165, 1.54) is 31.2 Å². The Morgan fingerprint density at radius 2 is 1.82 bits per heavy atom. The average molecular weight is 352 g/mol. The zero-order valence-corrected chi connectivity index (χ0v) is 13.2. The van der Waals surface area contributed by atoms with Crippen LogP contribution in [0.3, 0.4) is 0 Å². The third kappa shape index (κ3) is 5.97. The van der Waals surface area contributed by atoms with E-state index in [0.717, 1.165) is 0 Å². The molecule has 9 nitrogen and oxygen atoms in total. The first-order chi connectivity index (χ1) is 10.0. The Kier molecular flexibility index (Phi) is 5.88. The third-order valence-electron chi connectivity index (χ3n) is 2.65. The molecule has 0 aliphatic carbocycles. The van der Waals surface area contributed by atoms with Gasteiger partial charge in [-0.05, 0) is 31.2 Å². The van der Waals surface area contributed by atoms with E-state index < -0.39 is 43.9 Å². The fraction of sp³-hybridized carbons (Fsp3) is 0.364. The van der Waals surface area contributed by atoms with E-state index in [4.69, 9.17) is 10.3 Å². The van der Waals surface area contributed by atoms with E-state index in [1.807, 2.05) is 0 Å². The molecule has 0 saturated heterocycles. The first-order valence-corrected chi connectivity index (χ1v) is 9.09. The van der Waals surface area contributed by atoms with E-state index >= 15 is 0 Å². The zero-order valence-electron chi connectivity index (χ0n) is 11.6. The van der Waals surface area contributed by atoms with Gasteiger partial charge in [0, 0.05) is 11.3 Å². The van der Waals surface area contributed by atoms with Crippen molar-refractivity contribution in [3.05, 3.63) is 29.8 Å². The summed E-state index contributed by atoms with van der Waals surface area (Å²) in [6.07, 6.45) is 0. The van der Waals surface area contributed by atoms with E-state index in [0.29, 0.717) is 5.69 Å². The molecule has 1 amide bonds. The molecule has 1 unspecified atom stereocenters. The highest BCUT2D eigenvalue weighted by atomic mass is 32.3. The van der Waals surface area contributed by atoms with E-state index in [-0.39, 0.29) is 5.56 Å². The molecule has 0 aliphatic rings. The summed E-state index contributed by atoms with van der Waals surface area (Å²) in [6.45, 7) is 0.487. The van der Waals surface area contributed by atoms with Crippen molar-refractivity contribution in [2.75, 3.05) is 18.1 Å². The van der Waals surface area contributed by atoms with Crippen LogP contribution >= 0.6 is 0 Å². The van der Waals surface area contributed by atoms with Crippen LogP contribution in [-0.4, -0.2) is 45.0 Å². The molecule has 0 bridgehead atoms. The number of hydrogen-bond acceptors (Lipinski definition) is 7. The molecule has 0 radical (unpaired) electrons. The summed E-state index contributed by atoms with van der Waals surface area (Å²) in [4.78, 5) is 11.9. The van der Waals surface area contributed by atoms with Crippen LogP contribution in [-0.2, 0) is 24.4 Å². The van der Waals surface area contributed by atoms with Gasteiger partial charge in [0.1, 0.15) is 5.37 Å². The molecule has 4 N–H and O–H groups in total. The van der Waals surface area contributed by atoms with Crippen LogP contribution < -0.4 is 11.1 Å². The van der Waals surface area contributed by atoms with Crippen molar-refractivity contribution >= 4 is 31.8 Å². The minimum Gasteiger partial charge on any atom is -0.399 e. The predicted octanol–water partition coefficient (Wildman–Crippen LogP) is -0.421. The first-order valence-electron chi connectivity index (χ1n) is 6.01. The van der Waals surface area contributed by atoms with E-state index in [9.17, 15) is 21.6 Å². The highest BCUT2D eigenvalue weighted by Gasteiger charge is 2.23. The molecule has 1 aromatic rings. The molecular weight excluding hydrogens is 336 g/mol. The number of hydrogen-bond donors (Lipinski definition) is 3. The summed E-state index contributed by atoms with van der Waals surface area (Å²) < 4.78 is 56.6. The number of nitrogens with two attached hydrogens (primary N) is 1. The average Bonchev–Trinajstić information content (AvgIpc) is 2.37. The first kappa shape index (κ1) is 18.4. The van der Waals surface area contributed by atoms with Crippen molar-refractivity contribution in [3.8, 4) is 0 Å². The molecular formula is C11H16N2O7S2. The van der Waals surface area contributed by atoms with Crippen molar-refractivity contribution in [2.24, 2.45) is 0 Å². The maximum atomic E-state index is 11.9. The van der Waals surface area contributed by atoms with Gasteiger partial charge in [-0.25, -0.2) is 12.6 Å². The number of nitrogens with one attached hydrogen (secondary N) is 1. The maximum absolute atomic E-state index is 11.9. The molecule has 124 valence electrons. The summed E-state index contributed by atoms with van der Waals surface area (Å²) in [5.74, 6) is -1.30. The van der Waals surface area contributed by atoms with Gasteiger partial charge >= 0.3 is 10.4 Å². The fourth-order valence-corrected chi connectivity index (χ4v) is 2.78. The van der Waals surface area contributed by atoms with Crippen LogP contribution in [0.1, 0.15) is 17.3 Å². The molecule has 0 heterocycles. The van der Waals surface area contributed by atoms with Gasteiger partial charge in [-0.2, -0.15) is 8.42 Å². The molecule has 22 heavy (non-hydrogen) atoms. The van der Waals surface area contributed by atoms with Gasteiger partial charge in [0.05, 0.1) is 12.4 Å². The van der Waals surface area contributed by atoms with Gasteiger partial charge in [-0.1, -0.05) is 0 Å². The number of nitrogen functional groups attached to an aromatic ring is 1. The van der Waals surface area contributed by atoms with Crippen LogP contribution in [0.4, 0.5) is 5.69 Å². The summed E-state index contributed by atoms with van der Waals surface area (Å²) >= 11 is 0.